The highest BCUT2D eigenvalue weighted by Crippen LogP contribution is 2.39. The van der Waals surface area contributed by atoms with Gasteiger partial charge in [0.1, 0.15) is 16.6 Å². The van der Waals surface area contributed by atoms with E-state index in [1.807, 2.05) is 60.7 Å². The van der Waals surface area contributed by atoms with Crippen LogP contribution in [-0.2, 0) is 0 Å². The number of rotatable bonds is 6. The number of aromatic nitrogens is 3. The summed E-state index contributed by atoms with van der Waals surface area (Å²) in [7, 11) is 0. The predicted octanol–water partition coefficient (Wildman–Crippen LogP) is 12.9. The number of nitrogens with zero attached hydrogens (tertiary/aromatic N) is 4. The summed E-state index contributed by atoms with van der Waals surface area (Å²) in [4.78, 5) is 16.1. The molecule has 7 heteroatoms. The summed E-state index contributed by atoms with van der Waals surface area (Å²) in [6.45, 7) is 0. The topological polar surface area (TPSA) is 81.3 Å². The Morgan fingerprint density at radius 2 is 0.944 bits per heavy atom. The van der Waals surface area contributed by atoms with Gasteiger partial charge in [0.15, 0.2) is 11.2 Å². The van der Waals surface area contributed by atoms with E-state index in [0.717, 1.165) is 88.6 Å². The van der Waals surface area contributed by atoms with E-state index in [4.69, 9.17) is 23.2 Å². The van der Waals surface area contributed by atoms with Gasteiger partial charge in [-0.1, -0.05) is 48.5 Å². The third kappa shape index (κ3) is 5.10. The smallest absolute Gasteiger partial charge is 0.227 e. The van der Waals surface area contributed by atoms with E-state index >= 15 is 0 Å². The molecule has 11 aromatic rings. The molecule has 0 saturated carbocycles. The second-order valence-corrected chi connectivity index (χ2v) is 13.3. The van der Waals surface area contributed by atoms with Gasteiger partial charge in [0.25, 0.3) is 0 Å². The molecule has 4 aromatic heterocycles. The number of furan rings is 1. The first-order valence-corrected chi connectivity index (χ1v) is 17.7. The van der Waals surface area contributed by atoms with Crippen molar-refractivity contribution in [3.63, 3.8) is 0 Å². The van der Waals surface area contributed by atoms with Crippen LogP contribution in [0, 0.1) is 0 Å². The van der Waals surface area contributed by atoms with Crippen molar-refractivity contribution in [1.82, 2.24) is 15.0 Å². The van der Waals surface area contributed by atoms with E-state index in [1.165, 1.54) is 0 Å². The minimum Gasteiger partial charge on any atom is -0.438 e. The molecule has 0 radical (unpaired) electrons. The lowest BCUT2D eigenvalue weighted by Gasteiger charge is -2.26. The van der Waals surface area contributed by atoms with Gasteiger partial charge in [-0.05, 0) is 137 Å². The van der Waals surface area contributed by atoms with Crippen LogP contribution in [0.2, 0.25) is 0 Å². The maximum absolute atomic E-state index is 6.09. The van der Waals surface area contributed by atoms with Crippen molar-refractivity contribution in [3.05, 3.63) is 170 Å². The van der Waals surface area contributed by atoms with E-state index in [2.05, 4.69) is 113 Å². The number of para-hydroxylation sites is 4. The number of anilines is 3. The summed E-state index contributed by atoms with van der Waals surface area (Å²) in [5, 5.41) is 4.36. The standard InChI is InChI=1S/C47H28N4O3/c1-3-9-42-40(7-1)49-45(52-42)29-13-19-35(20-14-29)51(36-21-15-30(16-22-36)46-50-41-8-2-4-10-43(41)53-46)37-23-17-32-26-31(11-12-33(32)27-37)34-18-24-38-39-6-5-25-48-47(39)54-44(38)28-34/h1-28H. The van der Waals surface area contributed by atoms with Crippen LogP contribution in [0.4, 0.5) is 17.1 Å². The van der Waals surface area contributed by atoms with Gasteiger partial charge in [-0.25, -0.2) is 15.0 Å². The molecule has 0 bridgehead atoms. The van der Waals surface area contributed by atoms with Crippen molar-refractivity contribution in [2.24, 2.45) is 0 Å². The van der Waals surface area contributed by atoms with Crippen LogP contribution in [0.3, 0.4) is 0 Å². The summed E-state index contributed by atoms with van der Waals surface area (Å²) in [6, 6.07) is 55.8. The SMILES string of the molecule is c1ccc2oc(-c3ccc(N(c4ccc(-c5nc6ccccc6o5)cc4)c4ccc5cc(-c6ccc7c(c6)oc6ncccc67)ccc5c4)cc3)nc2c1. The minimum atomic E-state index is 0.592. The largest absolute Gasteiger partial charge is 0.438 e. The first-order valence-electron chi connectivity index (χ1n) is 17.7. The monoisotopic (exact) mass is 696 g/mol. The number of benzene rings is 7. The maximum atomic E-state index is 6.09. The molecule has 0 atom stereocenters. The molecule has 4 heterocycles. The molecule has 254 valence electrons. The molecule has 0 fully saturated rings. The molecule has 0 spiro atoms. The van der Waals surface area contributed by atoms with E-state index in [9.17, 15) is 0 Å². The van der Waals surface area contributed by atoms with Crippen molar-refractivity contribution in [3.8, 4) is 34.0 Å². The van der Waals surface area contributed by atoms with Gasteiger partial charge in [-0.15, -0.1) is 0 Å². The fourth-order valence-corrected chi connectivity index (χ4v) is 7.29. The van der Waals surface area contributed by atoms with Crippen molar-refractivity contribution in [2.75, 3.05) is 4.90 Å². The molecule has 7 aromatic carbocycles. The Morgan fingerprint density at radius 1 is 0.389 bits per heavy atom. The Hall–Kier alpha value is -7.51. The first-order chi connectivity index (χ1) is 26.7. The average molecular weight is 697 g/mol. The first kappa shape index (κ1) is 30.1. The van der Waals surface area contributed by atoms with E-state index in [0.29, 0.717) is 17.5 Å². The highest BCUT2D eigenvalue weighted by molar-refractivity contribution is 6.05. The fraction of sp³-hybridized carbons (Fsp3) is 0. The Kier molecular flexibility index (Phi) is 6.72. The highest BCUT2D eigenvalue weighted by atomic mass is 16.4. The Labute approximate surface area is 308 Å². The van der Waals surface area contributed by atoms with Crippen molar-refractivity contribution >= 4 is 72.1 Å². The molecule has 0 N–H and O–H groups in total. The van der Waals surface area contributed by atoms with Gasteiger partial charge in [0, 0.05) is 45.2 Å². The minimum absolute atomic E-state index is 0.592. The van der Waals surface area contributed by atoms with Crippen LogP contribution < -0.4 is 4.90 Å². The van der Waals surface area contributed by atoms with Gasteiger partial charge in [0.2, 0.25) is 17.5 Å². The predicted molar refractivity (Wildman–Crippen MR) is 215 cm³/mol. The Morgan fingerprint density at radius 3 is 1.61 bits per heavy atom. The van der Waals surface area contributed by atoms with Crippen LogP contribution in [0.25, 0.3) is 89.1 Å². The molecule has 7 nitrogen and oxygen atoms in total. The summed E-state index contributed by atoms with van der Waals surface area (Å²) in [5.41, 5.74) is 11.7. The van der Waals surface area contributed by atoms with Gasteiger partial charge >= 0.3 is 0 Å². The molecular weight excluding hydrogens is 669 g/mol. The lowest BCUT2D eigenvalue weighted by atomic mass is 9.99. The summed E-state index contributed by atoms with van der Waals surface area (Å²) < 4.78 is 18.2. The third-order valence-corrected chi connectivity index (χ3v) is 10.00. The van der Waals surface area contributed by atoms with Gasteiger partial charge in [0.05, 0.1) is 0 Å². The van der Waals surface area contributed by atoms with Crippen LogP contribution in [0.5, 0.6) is 0 Å². The van der Waals surface area contributed by atoms with Crippen LogP contribution >= 0.6 is 0 Å². The maximum Gasteiger partial charge on any atom is 0.227 e. The van der Waals surface area contributed by atoms with Crippen LogP contribution in [0.15, 0.2) is 183 Å². The van der Waals surface area contributed by atoms with E-state index in [1.54, 1.807) is 6.20 Å². The molecule has 0 aliphatic heterocycles. The lowest BCUT2D eigenvalue weighted by Crippen LogP contribution is -2.09. The fourth-order valence-electron chi connectivity index (χ4n) is 7.29. The molecule has 0 aliphatic carbocycles. The summed E-state index contributed by atoms with van der Waals surface area (Å²) in [6.07, 6.45) is 1.76. The Bertz CT molecular complexity index is 2990. The second kappa shape index (κ2) is 12.0. The zero-order chi connectivity index (χ0) is 35.6. The molecule has 0 unspecified atom stereocenters. The zero-order valence-electron chi connectivity index (χ0n) is 28.7. The number of hydrogen-bond acceptors (Lipinski definition) is 7. The number of pyridine rings is 1. The summed E-state index contributed by atoms with van der Waals surface area (Å²) in [5.74, 6) is 1.18. The molecular formula is C47H28N4O3. The van der Waals surface area contributed by atoms with Crippen LogP contribution in [0.1, 0.15) is 0 Å². The average Bonchev–Trinajstić information content (AvgIpc) is 3.96. The molecule has 54 heavy (non-hydrogen) atoms. The highest BCUT2D eigenvalue weighted by Gasteiger charge is 2.17. The van der Waals surface area contributed by atoms with Crippen molar-refractivity contribution in [1.29, 1.82) is 0 Å². The van der Waals surface area contributed by atoms with Crippen molar-refractivity contribution in [2.45, 2.75) is 0 Å². The van der Waals surface area contributed by atoms with Gasteiger partial charge in [-0.2, -0.15) is 0 Å². The molecule has 0 aliphatic rings. The van der Waals surface area contributed by atoms with E-state index < -0.39 is 0 Å². The third-order valence-electron chi connectivity index (χ3n) is 10.00. The Balaban J connectivity index is 0.972. The summed E-state index contributed by atoms with van der Waals surface area (Å²) >= 11 is 0. The molecule has 11 rings (SSSR count). The van der Waals surface area contributed by atoms with Gasteiger partial charge < -0.3 is 18.2 Å². The number of oxazole rings is 2. The molecule has 0 saturated heterocycles. The number of fused-ring (bicyclic) bond motifs is 6. The number of hydrogen-bond donors (Lipinski definition) is 0. The van der Waals surface area contributed by atoms with Crippen LogP contribution in [-0.4, -0.2) is 15.0 Å². The lowest BCUT2D eigenvalue weighted by molar-refractivity contribution is 0.619. The zero-order valence-corrected chi connectivity index (χ0v) is 28.7. The second-order valence-electron chi connectivity index (χ2n) is 13.3. The van der Waals surface area contributed by atoms with Crippen molar-refractivity contribution < 1.29 is 13.3 Å². The van der Waals surface area contributed by atoms with Gasteiger partial charge in [-0.3, -0.25) is 0 Å². The van der Waals surface area contributed by atoms with E-state index in [-0.39, 0.29) is 0 Å². The molecule has 0 amide bonds. The normalized spacial score (nSPS) is 11.7. The quantitative estimate of drug-likeness (QED) is 0.171.